The van der Waals surface area contributed by atoms with Gasteiger partial charge in [-0.2, -0.15) is 5.10 Å². The molecule has 2 aromatic heterocycles. The number of aryl methyl sites for hydroxylation is 1. The molecule has 2 aromatic rings. The van der Waals surface area contributed by atoms with Gasteiger partial charge < -0.3 is 9.47 Å². The van der Waals surface area contributed by atoms with Crippen LogP contribution in [-0.4, -0.2) is 41.1 Å². The number of aromatic nitrogens is 3. The quantitative estimate of drug-likeness (QED) is 0.487. The van der Waals surface area contributed by atoms with Gasteiger partial charge in [-0.1, -0.05) is 11.6 Å². The first-order valence-electron chi connectivity index (χ1n) is 6.71. The summed E-state index contributed by atoms with van der Waals surface area (Å²) >= 11 is 6.40. The van der Waals surface area contributed by atoms with E-state index in [4.69, 9.17) is 28.9 Å². The minimum Gasteiger partial charge on any atom is -0.467 e. The van der Waals surface area contributed by atoms with E-state index in [1.165, 1.54) is 11.6 Å². The summed E-state index contributed by atoms with van der Waals surface area (Å²) in [5.74, 6) is -0.554. The predicted octanol–water partition coefficient (Wildman–Crippen LogP) is 1.51. The molecule has 0 N–H and O–H groups in total. The predicted molar refractivity (Wildman–Crippen MR) is 83.7 cm³/mol. The van der Waals surface area contributed by atoms with E-state index in [1.807, 2.05) is 20.8 Å². The van der Waals surface area contributed by atoms with Crippen LogP contribution in [-0.2, 0) is 14.3 Å². The van der Waals surface area contributed by atoms with Gasteiger partial charge in [-0.25, -0.2) is 14.3 Å². The molecule has 1 atom stereocenters. The molecule has 0 saturated heterocycles. The van der Waals surface area contributed by atoms with Crippen LogP contribution in [0.25, 0.3) is 5.65 Å². The van der Waals surface area contributed by atoms with Crippen molar-refractivity contribution < 1.29 is 14.3 Å². The number of methoxy groups -OCH3 is 1. The number of fused-ring (bicyclic) bond motifs is 1. The molecule has 2 heterocycles. The lowest BCUT2D eigenvalue weighted by Gasteiger charge is -2.27. The van der Waals surface area contributed by atoms with E-state index in [0.29, 0.717) is 16.9 Å². The van der Waals surface area contributed by atoms with Gasteiger partial charge >= 0.3 is 5.97 Å². The van der Waals surface area contributed by atoms with Crippen LogP contribution in [0, 0.1) is 6.92 Å². The molecule has 1 unspecified atom stereocenters. The molecule has 0 aliphatic rings. The topological polar surface area (TPSA) is 65.7 Å². The van der Waals surface area contributed by atoms with Gasteiger partial charge in [-0.05, 0) is 33.8 Å². The van der Waals surface area contributed by atoms with Crippen LogP contribution in [0.3, 0.4) is 0 Å². The van der Waals surface area contributed by atoms with Gasteiger partial charge in [0.15, 0.2) is 11.8 Å². The fourth-order valence-corrected chi connectivity index (χ4v) is 2.45. The second-order valence-electron chi connectivity index (χ2n) is 5.87. The van der Waals surface area contributed by atoms with Crippen LogP contribution in [0.5, 0.6) is 0 Å². The summed E-state index contributed by atoms with van der Waals surface area (Å²) in [7, 11) is 6.96. The Morgan fingerprint density at radius 3 is 2.64 bits per heavy atom. The van der Waals surface area contributed by atoms with E-state index in [9.17, 15) is 4.79 Å². The maximum atomic E-state index is 12.1. The Hall–Kier alpha value is -1.60. The normalized spacial score (nSPS) is 13.4. The average Bonchev–Trinajstić information content (AvgIpc) is 2.76. The Bertz CT molecular complexity index is 724. The van der Waals surface area contributed by atoms with E-state index in [-0.39, 0.29) is 10.7 Å². The summed E-state index contributed by atoms with van der Waals surface area (Å²) in [6.07, 6.45) is -1.00. The van der Waals surface area contributed by atoms with Crippen molar-refractivity contribution in [2.45, 2.75) is 39.4 Å². The third-order valence-corrected chi connectivity index (χ3v) is 3.30. The molecule has 2 rings (SSSR count). The summed E-state index contributed by atoms with van der Waals surface area (Å²) in [4.78, 5) is 16.5. The lowest BCUT2D eigenvalue weighted by Crippen LogP contribution is -2.29. The van der Waals surface area contributed by atoms with E-state index >= 15 is 0 Å². The van der Waals surface area contributed by atoms with Crippen molar-refractivity contribution in [2.24, 2.45) is 0 Å². The number of ether oxygens (including phenoxy) is 2. The Morgan fingerprint density at radius 1 is 1.45 bits per heavy atom. The molecular formula is C14H17BClN3O3. The number of nitrogens with zero attached hydrogens (tertiary/aromatic N) is 3. The zero-order valence-corrected chi connectivity index (χ0v) is 13.9. The molecule has 0 fully saturated rings. The highest BCUT2D eigenvalue weighted by atomic mass is 35.5. The van der Waals surface area contributed by atoms with Gasteiger partial charge in [-0.3, -0.25) is 0 Å². The molecule has 116 valence electrons. The maximum Gasteiger partial charge on any atom is 0.339 e. The summed E-state index contributed by atoms with van der Waals surface area (Å²) in [5.41, 5.74) is 1.18. The van der Waals surface area contributed by atoms with Crippen LogP contribution < -0.4 is 5.59 Å². The minimum atomic E-state index is -1.00. The molecule has 0 aliphatic heterocycles. The summed E-state index contributed by atoms with van der Waals surface area (Å²) in [6, 6.07) is 1.60. The number of esters is 1. The Morgan fingerprint density at radius 2 is 2.09 bits per heavy atom. The van der Waals surface area contributed by atoms with Gasteiger partial charge in [0, 0.05) is 11.3 Å². The first-order chi connectivity index (χ1) is 10.1. The van der Waals surface area contributed by atoms with Gasteiger partial charge in [-0.15, -0.1) is 0 Å². The first-order valence-corrected chi connectivity index (χ1v) is 7.08. The second-order valence-corrected chi connectivity index (χ2v) is 6.23. The molecule has 0 spiro atoms. The van der Waals surface area contributed by atoms with Crippen molar-refractivity contribution >= 4 is 36.7 Å². The van der Waals surface area contributed by atoms with Gasteiger partial charge in [0.2, 0.25) is 0 Å². The molecule has 0 aromatic carbocycles. The van der Waals surface area contributed by atoms with Crippen LogP contribution in [0.4, 0.5) is 0 Å². The summed E-state index contributed by atoms with van der Waals surface area (Å²) in [5, 5.41) is 4.29. The van der Waals surface area contributed by atoms with Crippen LogP contribution in [0.15, 0.2) is 6.07 Å². The number of carbonyl (C=O) groups excluding carboxylic acids is 1. The highest BCUT2D eigenvalue weighted by molar-refractivity contribution is 6.32. The Kier molecular flexibility index (Phi) is 4.49. The highest BCUT2D eigenvalue weighted by Gasteiger charge is 2.32. The van der Waals surface area contributed by atoms with Crippen molar-refractivity contribution in [3.63, 3.8) is 0 Å². The number of hydrogen-bond acceptors (Lipinski definition) is 5. The van der Waals surface area contributed by atoms with Gasteiger partial charge in [0.05, 0.1) is 18.3 Å². The number of carbonyl (C=O) groups is 1. The minimum absolute atomic E-state index is 0.221. The van der Waals surface area contributed by atoms with Gasteiger partial charge in [0.25, 0.3) is 0 Å². The third-order valence-electron chi connectivity index (χ3n) is 2.94. The van der Waals surface area contributed by atoms with E-state index in [0.717, 1.165) is 0 Å². The first kappa shape index (κ1) is 16.8. The number of rotatable bonds is 3. The van der Waals surface area contributed by atoms with Crippen LogP contribution in [0.1, 0.15) is 38.1 Å². The number of halogens is 1. The fourth-order valence-electron chi connectivity index (χ4n) is 2.09. The SMILES string of the molecule is [B]c1cc2nc(C)c(C(OC(C)(C)C)C(=O)OC)c(Cl)n2n1. The maximum absolute atomic E-state index is 12.1. The molecule has 22 heavy (non-hydrogen) atoms. The standard InChI is InChI=1S/C14H17BClN3O3/c1-7-10(11(13(20)21-5)22-14(2,3)4)12(16)19-9(17-7)6-8(15)18-19/h6,11H,1-5H3. The highest BCUT2D eigenvalue weighted by Crippen LogP contribution is 2.32. The van der Waals surface area contributed by atoms with Crippen molar-refractivity contribution in [1.82, 2.24) is 14.6 Å². The lowest BCUT2D eigenvalue weighted by atomic mass is 10.1. The molecule has 0 amide bonds. The molecule has 2 radical (unpaired) electrons. The molecular weight excluding hydrogens is 304 g/mol. The zero-order valence-electron chi connectivity index (χ0n) is 13.2. The molecule has 0 bridgehead atoms. The summed E-state index contributed by atoms with van der Waals surface area (Å²) < 4.78 is 12.0. The monoisotopic (exact) mass is 321 g/mol. The van der Waals surface area contributed by atoms with Crippen LogP contribution >= 0.6 is 11.6 Å². The van der Waals surface area contributed by atoms with Crippen molar-refractivity contribution in [2.75, 3.05) is 7.11 Å². The third kappa shape index (κ3) is 3.25. The van der Waals surface area contributed by atoms with E-state index in [1.54, 1.807) is 13.0 Å². The number of hydrogen-bond donors (Lipinski definition) is 0. The summed E-state index contributed by atoms with van der Waals surface area (Å²) in [6.45, 7) is 7.25. The van der Waals surface area contributed by atoms with E-state index in [2.05, 4.69) is 10.1 Å². The largest absolute Gasteiger partial charge is 0.467 e. The fraction of sp³-hybridized carbons (Fsp3) is 0.500. The Labute approximate surface area is 135 Å². The van der Waals surface area contributed by atoms with Crippen molar-refractivity contribution in [3.8, 4) is 0 Å². The zero-order chi connectivity index (χ0) is 16.7. The van der Waals surface area contributed by atoms with Crippen LogP contribution in [0.2, 0.25) is 5.15 Å². The molecule has 0 saturated carbocycles. The van der Waals surface area contributed by atoms with Crippen molar-refractivity contribution in [1.29, 1.82) is 0 Å². The molecule has 6 nitrogen and oxygen atoms in total. The smallest absolute Gasteiger partial charge is 0.339 e. The second kappa shape index (κ2) is 5.89. The lowest BCUT2D eigenvalue weighted by molar-refractivity contribution is -0.164. The van der Waals surface area contributed by atoms with Gasteiger partial charge in [0.1, 0.15) is 13.0 Å². The average molecular weight is 322 g/mol. The Balaban J connectivity index is 2.64. The van der Waals surface area contributed by atoms with E-state index < -0.39 is 17.7 Å². The molecule has 0 aliphatic carbocycles. The molecule has 8 heteroatoms. The van der Waals surface area contributed by atoms with Crippen molar-refractivity contribution in [3.05, 3.63) is 22.5 Å².